The van der Waals surface area contributed by atoms with Crippen LogP contribution in [0.15, 0.2) is 48.9 Å². The monoisotopic (exact) mass is 402 g/mol. The summed E-state index contributed by atoms with van der Waals surface area (Å²) in [7, 11) is 6.42. The van der Waals surface area contributed by atoms with Gasteiger partial charge in [-0.25, -0.2) is 4.98 Å². The number of aromatic hydroxyl groups is 2. The minimum Gasteiger partial charge on any atom is -0.504 e. The zero-order valence-electron chi connectivity index (χ0n) is 17.3. The molecule has 1 aliphatic heterocycles. The van der Waals surface area contributed by atoms with Gasteiger partial charge in [0.2, 0.25) is 5.75 Å². The Balaban J connectivity index is 1.86. The molecule has 0 bridgehead atoms. The third-order valence-corrected chi connectivity index (χ3v) is 5.84. The maximum Gasteiger partial charge on any atom is 0.259 e. The summed E-state index contributed by atoms with van der Waals surface area (Å²) in [4.78, 5) is 6.46. The van der Waals surface area contributed by atoms with Gasteiger partial charge in [0, 0.05) is 34.9 Å². The average Bonchev–Trinajstić information content (AvgIpc) is 3.14. The van der Waals surface area contributed by atoms with Crippen LogP contribution in [0.4, 0.5) is 5.69 Å². The summed E-state index contributed by atoms with van der Waals surface area (Å²) in [6.45, 7) is 0.751. The number of quaternary nitrogens is 1. The summed E-state index contributed by atoms with van der Waals surface area (Å²) in [5.74, 6) is -0.308. The second kappa shape index (κ2) is 6.50. The van der Waals surface area contributed by atoms with Gasteiger partial charge in [0.25, 0.3) is 5.52 Å². The molecule has 152 valence electrons. The van der Waals surface area contributed by atoms with Gasteiger partial charge in [0.15, 0.2) is 11.9 Å². The van der Waals surface area contributed by atoms with Crippen LogP contribution in [0.2, 0.25) is 0 Å². The molecule has 6 nitrogen and oxygen atoms in total. The molecule has 30 heavy (non-hydrogen) atoms. The Morgan fingerprint density at radius 3 is 2.67 bits per heavy atom. The molecule has 2 aromatic carbocycles. The van der Waals surface area contributed by atoms with Gasteiger partial charge >= 0.3 is 0 Å². The number of pyridine rings is 1. The molecule has 0 spiro atoms. The molecular formula is C24H26N4O2+2. The van der Waals surface area contributed by atoms with Crippen molar-refractivity contribution in [2.24, 2.45) is 0 Å². The first-order chi connectivity index (χ1) is 14.3. The van der Waals surface area contributed by atoms with Gasteiger partial charge in [-0.15, -0.1) is 0 Å². The predicted molar refractivity (Wildman–Crippen MR) is 120 cm³/mol. The summed E-state index contributed by atoms with van der Waals surface area (Å²) in [6, 6.07) is 10.1. The topological polar surface area (TPSA) is 82.4 Å². The fraction of sp³-hybridized carbons (Fsp3) is 0.208. The number of fused-ring (bicyclic) bond motifs is 1. The Bertz CT molecular complexity index is 1310. The number of para-hydroxylation sites is 1. The summed E-state index contributed by atoms with van der Waals surface area (Å²) in [5, 5.41) is 27.4. The Morgan fingerprint density at radius 1 is 1.07 bits per heavy atom. The Morgan fingerprint density at radius 2 is 1.87 bits per heavy atom. The number of hydrogen-bond donors (Lipinski definition) is 4. The number of rotatable bonds is 4. The summed E-state index contributed by atoms with van der Waals surface area (Å²) >= 11 is 0. The van der Waals surface area contributed by atoms with Crippen LogP contribution in [0.1, 0.15) is 22.6 Å². The van der Waals surface area contributed by atoms with Crippen LogP contribution in [0.5, 0.6) is 11.5 Å². The van der Waals surface area contributed by atoms with Crippen molar-refractivity contribution in [3.8, 4) is 11.5 Å². The van der Waals surface area contributed by atoms with Gasteiger partial charge in [-0.2, -0.15) is 0 Å². The van der Waals surface area contributed by atoms with Crippen LogP contribution in [0, 0.1) is 0 Å². The highest BCUT2D eigenvalue weighted by molar-refractivity contribution is 6.04. The largest absolute Gasteiger partial charge is 0.504 e. The van der Waals surface area contributed by atoms with Crippen molar-refractivity contribution in [3.63, 3.8) is 0 Å². The quantitative estimate of drug-likeness (QED) is 0.310. The number of anilines is 1. The van der Waals surface area contributed by atoms with E-state index in [4.69, 9.17) is 0 Å². The highest BCUT2D eigenvalue weighted by Gasteiger charge is 2.34. The van der Waals surface area contributed by atoms with Crippen LogP contribution in [0.3, 0.4) is 0 Å². The molecule has 5 N–H and O–H groups in total. The number of aromatic nitrogens is 2. The number of aromatic amines is 2. The fourth-order valence-electron chi connectivity index (χ4n) is 4.61. The van der Waals surface area contributed by atoms with Crippen molar-refractivity contribution in [1.29, 1.82) is 0 Å². The van der Waals surface area contributed by atoms with Gasteiger partial charge in [0.05, 0.1) is 44.7 Å². The van der Waals surface area contributed by atoms with Crippen molar-refractivity contribution < 1.29 is 19.7 Å². The average molecular weight is 402 g/mol. The molecule has 5 rings (SSSR count). The van der Waals surface area contributed by atoms with E-state index in [9.17, 15) is 10.2 Å². The van der Waals surface area contributed by atoms with E-state index in [2.05, 4.69) is 48.6 Å². The number of likely N-dealkylation sites (N-methyl/N-ethyl adjacent to an activating group) is 1. The van der Waals surface area contributed by atoms with E-state index < -0.39 is 0 Å². The van der Waals surface area contributed by atoms with E-state index in [1.165, 1.54) is 0 Å². The Hall–Kier alpha value is -3.51. The molecule has 0 aliphatic carbocycles. The molecule has 4 aromatic rings. The number of benzene rings is 2. The van der Waals surface area contributed by atoms with E-state index in [0.717, 1.165) is 45.2 Å². The van der Waals surface area contributed by atoms with Crippen LogP contribution in [-0.4, -0.2) is 47.4 Å². The highest BCUT2D eigenvalue weighted by Crippen LogP contribution is 2.48. The number of H-pyrrole nitrogens is 2. The lowest BCUT2D eigenvalue weighted by Gasteiger charge is -2.31. The molecule has 0 saturated heterocycles. The molecule has 0 amide bonds. The molecule has 0 fully saturated rings. The molecule has 1 aliphatic rings. The first-order valence-corrected chi connectivity index (χ1v) is 10.1. The molecule has 0 radical (unpaired) electrons. The summed E-state index contributed by atoms with van der Waals surface area (Å²) < 4.78 is 0.706. The van der Waals surface area contributed by atoms with Crippen LogP contribution < -0.4 is 10.3 Å². The van der Waals surface area contributed by atoms with Crippen LogP contribution in [0.25, 0.3) is 27.9 Å². The SMILES string of the molecule is C[N+](C)(C)CC(c1c(O)c(O)c2[nH+]ccc3c2c1C=CN3)c1c[nH]c2ccccc12. The van der Waals surface area contributed by atoms with E-state index in [0.29, 0.717) is 10.00 Å². The third-order valence-electron chi connectivity index (χ3n) is 5.84. The van der Waals surface area contributed by atoms with E-state index >= 15 is 0 Å². The van der Waals surface area contributed by atoms with Crippen molar-refractivity contribution >= 4 is 33.6 Å². The van der Waals surface area contributed by atoms with E-state index in [1.54, 1.807) is 6.20 Å². The summed E-state index contributed by atoms with van der Waals surface area (Å²) in [6.07, 6.45) is 7.65. The number of hydrogen-bond acceptors (Lipinski definition) is 3. The zero-order chi connectivity index (χ0) is 21.0. The lowest BCUT2D eigenvalue weighted by atomic mass is 9.83. The van der Waals surface area contributed by atoms with Gasteiger partial charge in [-0.3, -0.25) is 0 Å². The first kappa shape index (κ1) is 18.5. The van der Waals surface area contributed by atoms with E-state index in [-0.39, 0.29) is 17.4 Å². The van der Waals surface area contributed by atoms with Crippen LogP contribution >= 0.6 is 0 Å². The Kier molecular flexibility index (Phi) is 4.01. The number of nitrogens with one attached hydrogen (secondary N) is 3. The van der Waals surface area contributed by atoms with Crippen molar-refractivity contribution in [3.05, 3.63) is 65.6 Å². The van der Waals surface area contributed by atoms with Gasteiger partial charge in [-0.05, 0) is 23.3 Å². The molecule has 3 heterocycles. The van der Waals surface area contributed by atoms with E-state index in [1.807, 2.05) is 36.7 Å². The minimum absolute atomic E-state index is 0.0684. The number of nitrogens with zero attached hydrogens (tertiary/aromatic N) is 1. The lowest BCUT2D eigenvalue weighted by molar-refractivity contribution is -0.871. The smallest absolute Gasteiger partial charge is 0.259 e. The minimum atomic E-state index is -0.123. The number of phenols is 2. The standard InChI is InChI=1S/C24H24N4O2/c1-28(2,3)13-17(16-12-27-18-7-5-4-6-14(16)18)20-15-8-10-25-19-9-11-26-22(21(15)19)24(30)23(20)29/h4-12,17,27H,13H2,1-3H3,(H2-,25,26,29,30)/p+2. The Labute approximate surface area is 174 Å². The first-order valence-electron chi connectivity index (χ1n) is 10.1. The predicted octanol–water partition coefficient (Wildman–Crippen LogP) is 3.78. The maximum atomic E-state index is 11.2. The lowest BCUT2D eigenvalue weighted by Crippen LogP contribution is -2.39. The van der Waals surface area contributed by atoms with Gasteiger partial charge in [0.1, 0.15) is 0 Å². The molecule has 1 atom stereocenters. The van der Waals surface area contributed by atoms with Crippen molar-refractivity contribution in [2.75, 3.05) is 33.0 Å². The van der Waals surface area contributed by atoms with Crippen molar-refractivity contribution in [2.45, 2.75) is 5.92 Å². The second-order valence-corrected chi connectivity index (χ2v) is 8.96. The molecule has 1 unspecified atom stereocenters. The zero-order valence-corrected chi connectivity index (χ0v) is 17.3. The molecule has 0 saturated carbocycles. The molecule has 6 heteroatoms. The second-order valence-electron chi connectivity index (χ2n) is 8.96. The fourth-order valence-corrected chi connectivity index (χ4v) is 4.61. The maximum absolute atomic E-state index is 11.2. The summed E-state index contributed by atoms with van der Waals surface area (Å²) in [5.41, 5.74) is 5.27. The van der Waals surface area contributed by atoms with Gasteiger partial charge in [-0.1, -0.05) is 18.2 Å². The van der Waals surface area contributed by atoms with Crippen LogP contribution in [-0.2, 0) is 0 Å². The van der Waals surface area contributed by atoms with Gasteiger partial charge < -0.3 is 25.0 Å². The number of phenolic OH excluding ortho intramolecular Hbond substituents is 2. The third kappa shape index (κ3) is 2.80. The molecular weight excluding hydrogens is 376 g/mol. The van der Waals surface area contributed by atoms with Crippen molar-refractivity contribution in [1.82, 2.24) is 4.98 Å². The molecule has 2 aromatic heterocycles. The highest BCUT2D eigenvalue weighted by atomic mass is 16.3. The normalized spacial score (nSPS) is 14.2.